The third-order valence-electron chi connectivity index (χ3n) is 3.40. The number of hydrogen-bond acceptors (Lipinski definition) is 3. The summed E-state index contributed by atoms with van der Waals surface area (Å²) >= 11 is 3.58. The van der Waals surface area contributed by atoms with Gasteiger partial charge in [0.1, 0.15) is 13.2 Å². The highest BCUT2D eigenvalue weighted by atomic mass is 79.9. The average molecular weight is 348 g/mol. The minimum atomic E-state index is 0.602. The van der Waals surface area contributed by atoms with Gasteiger partial charge in [0.25, 0.3) is 0 Å². The smallest absolute Gasteiger partial charge is 0.163 e. The molecule has 3 nitrogen and oxygen atoms in total. The Hall–Kier alpha value is -1.68. The molecule has 2 aromatic rings. The summed E-state index contributed by atoms with van der Waals surface area (Å²) in [6.07, 6.45) is 0. The number of rotatable bonds is 3. The van der Waals surface area contributed by atoms with Crippen LogP contribution in [0, 0.1) is 13.8 Å². The number of anilines is 1. The minimum Gasteiger partial charge on any atom is -0.486 e. The van der Waals surface area contributed by atoms with Gasteiger partial charge >= 0.3 is 0 Å². The van der Waals surface area contributed by atoms with Crippen LogP contribution in [0.5, 0.6) is 11.5 Å². The lowest BCUT2D eigenvalue weighted by molar-refractivity contribution is 0.171. The Kier molecular flexibility index (Phi) is 4.06. The van der Waals surface area contributed by atoms with Crippen LogP contribution in [0.3, 0.4) is 0 Å². The molecule has 0 saturated carbocycles. The van der Waals surface area contributed by atoms with Gasteiger partial charge in [0.05, 0.1) is 5.69 Å². The van der Waals surface area contributed by atoms with Gasteiger partial charge in [-0.2, -0.15) is 0 Å². The van der Waals surface area contributed by atoms with Gasteiger partial charge in [-0.3, -0.25) is 0 Å². The summed E-state index contributed by atoms with van der Waals surface area (Å²) < 4.78 is 12.2. The summed E-state index contributed by atoms with van der Waals surface area (Å²) in [5, 5.41) is 3.45. The van der Waals surface area contributed by atoms with Crippen molar-refractivity contribution in [3.05, 3.63) is 51.5 Å². The molecule has 0 atom stereocenters. The van der Waals surface area contributed by atoms with E-state index in [1.165, 1.54) is 16.7 Å². The van der Waals surface area contributed by atoms with Crippen molar-refractivity contribution in [3.63, 3.8) is 0 Å². The first-order valence-corrected chi connectivity index (χ1v) is 7.81. The topological polar surface area (TPSA) is 30.5 Å². The zero-order valence-corrected chi connectivity index (χ0v) is 13.8. The van der Waals surface area contributed by atoms with Crippen LogP contribution >= 0.6 is 15.9 Å². The number of ether oxygens (including phenoxy) is 2. The molecule has 0 spiro atoms. The molecule has 3 rings (SSSR count). The molecule has 1 N–H and O–H groups in total. The highest BCUT2D eigenvalue weighted by molar-refractivity contribution is 9.10. The summed E-state index contributed by atoms with van der Waals surface area (Å²) in [6.45, 7) is 6.23. The first kappa shape index (κ1) is 14.3. The van der Waals surface area contributed by atoms with Gasteiger partial charge in [-0.25, -0.2) is 0 Å². The number of aryl methyl sites for hydroxylation is 2. The van der Waals surface area contributed by atoms with Crippen molar-refractivity contribution >= 4 is 21.6 Å². The first-order valence-electron chi connectivity index (χ1n) is 7.02. The summed E-state index contributed by atoms with van der Waals surface area (Å²) in [5.41, 5.74) is 4.86. The van der Waals surface area contributed by atoms with E-state index in [1.54, 1.807) is 0 Å². The van der Waals surface area contributed by atoms with E-state index in [9.17, 15) is 0 Å². The molecule has 110 valence electrons. The van der Waals surface area contributed by atoms with Gasteiger partial charge in [-0.05, 0) is 35.3 Å². The largest absolute Gasteiger partial charge is 0.486 e. The molecule has 0 aromatic heterocycles. The van der Waals surface area contributed by atoms with Crippen LogP contribution in [0.15, 0.2) is 34.8 Å². The molecular weight excluding hydrogens is 330 g/mol. The lowest BCUT2D eigenvalue weighted by atomic mass is 10.1. The van der Waals surface area contributed by atoms with Crippen LogP contribution < -0.4 is 14.8 Å². The second-order valence-corrected chi connectivity index (χ2v) is 6.18. The maximum Gasteiger partial charge on any atom is 0.163 e. The number of hydrogen-bond donors (Lipinski definition) is 1. The minimum absolute atomic E-state index is 0.602. The summed E-state index contributed by atoms with van der Waals surface area (Å²) in [6, 6.07) is 10.5. The predicted octanol–water partition coefficient (Wildman–Crippen LogP) is 4.45. The number of halogens is 1. The van der Waals surface area contributed by atoms with Crippen LogP contribution in [-0.2, 0) is 6.54 Å². The van der Waals surface area contributed by atoms with Crippen molar-refractivity contribution in [1.29, 1.82) is 0 Å². The predicted molar refractivity (Wildman–Crippen MR) is 88.4 cm³/mol. The molecule has 2 aromatic carbocycles. The Morgan fingerprint density at radius 3 is 2.24 bits per heavy atom. The SMILES string of the molecule is Cc1cc(C)cc(CNc2cc3c(cc2Br)OCCO3)c1. The lowest BCUT2D eigenvalue weighted by Gasteiger charge is -2.20. The lowest BCUT2D eigenvalue weighted by Crippen LogP contribution is -2.15. The molecule has 0 bridgehead atoms. The summed E-state index contributed by atoms with van der Waals surface area (Å²) in [7, 11) is 0. The summed E-state index contributed by atoms with van der Waals surface area (Å²) in [5.74, 6) is 1.59. The van der Waals surface area contributed by atoms with Crippen LogP contribution in [0.25, 0.3) is 0 Å². The molecule has 0 amide bonds. The van der Waals surface area contributed by atoms with Crippen molar-refractivity contribution < 1.29 is 9.47 Å². The quantitative estimate of drug-likeness (QED) is 0.889. The second kappa shape index (κ2) is 5.98. The molecule has 0 fully saturated rings. The Morgan fingerprint density at radius 1 is 0.952 bits per heavy atom. The van der Waals surface area contributed by atoms with E-state index >= 15 is 0 Å². The Balaban J connectivity index is 1.78. The van der Waals surface area contributed by atoms with Gasteiger partial charge in [-0.15, -0.1) is 0 Å². The molecule has 1 aliphatic rings. The fraction of sp³-hybridized carbons (Fsp3) is 0.294. The van der Waals surface area contributed by atoms with E-state index in [0.29, 0.717) is 13.2 Å². The van der Waals surface area contributed by atoms with Crippen LogP contribution in [0.4, 0.5) is 5.69 Å². The molecule has 21 heavy (non-hydrogen) atoms. The van der Waals surface area contributed by atoms with E-state index in [-0.39, 0.29) is 0 Å². The van der Waals surface area contributed by atoms with E-state index < -0.39 is 0 Å². The molecule has 1 heterocycles. The third kappa shape index (κ3) is 3.32. The zero-order chi connectivity index (χ0) is 14.8. The highest BCUT2D eigenvalue weighted by Gasteiger charge is 2.14. The first-order chi connectivity index (χ1) is 10.1. The fourth-order valence-corrected chi connectivity index (χ4v) is 3.03. The highest BCUT2D eigenvalue weighted by Crippen LogP contribution is 2.38. The number of benzene rings is 2. The maximum atomic E-state index is 5.62. The molecule has 0 radical (unpaired) electrons. The second-order valence-electron chi connectivity index (χ2n) is 5.33. The van der Waals surface area contributed by atoms with E-state index in [0.717, 1.165) is 28.2 Å². The normalized spacial score (nSPS) is 13.1. The molecule has 4 heteroatoms. The van der Waals surface area contributed by atoms with Crippen LogP contribution in [0.1, 0.15) is 16.7 Å². The zero-order valence-electron chi connectivity index (χ0n) is 12.2. The molecule has 0 saturated heterocycles. The Labute approximate surface area is 133 Å². The summed E-state index contributed by atoms with van der Waals surface area (Å²) in [4.78, 5) is 0. The molecule has 1 aliphatic heterocycles. The van der Waals surface area contributed by atoms with Crippen molar-refractivity contribution in [2.75, 3.05) is 18.5 Å². The molecular formula is C17H18BrNO2. The Morgan fingerprint density at radius 2 is 1.57 bits per heavy atom. The van der Waals surface area contributed by atoms with Gasteiger partial charge in [-0.1, -0.05) is 29.3 Å². The maximum absolute atomic E-state index is 5.62. The fourth-order valence-electron chi connectivity index (χ4n) is 2.57. The standard InChI is InChI=1S/C17H18BrNO2/c1-11-5-12(2)7-13(6-11)10-19-15-9-17-16(8-14(15)18)20-3-4-21-17/h5-9,19H,3-4,10H2,1-2H3. The van der Waals surface area contributed by atoms with Gasteiger partial charge in [0.2, 0.25) is 0 Å². The van der Waals surface area contributed by atoms with Crippen molar-refractivity contribution in [2.45, 2.75) is 20.4 Å². The van der Waals surface area contributed by atoms with Gasteiger partial charge < -0.3 is 14.8 Å². The monoisotopic (exact) mass is 347 g/mol. The van der Waals surface area contributed by atoms with Crippen LogP contribution in [0.2, 0.25) is 0 Å². The number of nitrogens with one attached hydrogen (secondary N) is 1. The third-order valence-corrected chi connectivity index (χ3v) is 4.05. The van der Waals surface area contributed by atoms with Gasteiger partial charge in [0.15, 0.2) is 11.5 Å². The van der Waals surface area contributed by atoms with Crippen molar-refractivity contribution in [1.82, 2.24) is 0 Å². The molecule has 0 aliphatic carbocycles. The van der Waals surface area contributed by atoms with E-state index in [4.69, 9.17) is 9.47 Å². The van der Waals surface area contributed by atoms with Crippen LogP contribution in [-0.4, -0.2) is 13.2 Å². The van der Waals surface area contributed by atoms with E-state index in [1.807, 2.05) is 12.1 Å². The number of fused-ring (bicyclic) bond motifs is 1. The molecule has 0 unspecified atom stereocenters. The van der Waals surface area contributed by atoms with Crippen molar-refractivity contribution in [3.8, 4) is 11.5 Å². The van der Waals surface area contributed by atoms with Gasteiger partial charge in [0, 0.05) is 23.2 Å². The van der Waals surface area contributed by atoms with Crippen molar-refractivity contribution in [2.24, 2.45) is 0 Å². The average Bonchev–Trinajstić information content (AvgIpc) is 2.44. The van der Waals surface area contributed by atoms with E-state index in [2.05, 4.69) is 53.3 Å². The Bertz CT molecular complexity index is 650.